The van der Waals surface area contributed by atoms with Crippen LogP contribution in [0, 0.1) is 17.8 Å². The molecule has 1 aliphatic rings. The average Bonchev–Trinajstić information content (AvgIpc) is 2.38. The number of hydrogen-bond acceptors (Lipinski definition) is 1. The van der Waals surface area contributed by atoms with Crippen molar-refractivity contribution in [1.82, 2.24) is 5.32 Å². The number of hydrogen-bond donors (Lipinski definition) is 1. The van der Waals surface area contributed by atoms with Crippen molar-refractivity contribution in [1.29, 1.82) is 0 Å². The van der Waals surface area contributed by atoms with Gasteiger partial charge in [0.25, 0.3) is 0 Å². The van der Waals surface area contributed by atoms with E-state index in [1.54, 1.807) is 0 Å². The summed E-state index contributed by atoms with van der Waals surface area (Å²) in [7, 11) is 0. The van der Waals surface area contributed by atoms with Crippen LogP contribution in [-0.4, -0.2) is 12.6 Å². The van der Waals surface area contributed by atoms with Crippen molar-refractivity contribution in [2.24, 2.45) is 17.8 Å². The molecule has 4 atom stereocenters. The second-order valence-corrected chi connectivity index (χ2v) is 6.49. The van der Waals surface area contributed by atoms with Crippen molar-refractivity contribution in [2.75, 3.05) is 6.54 Å². The van der Waals surface area contributed by atoms with E-state index < -0.39 is 0 Å². The van der Waals surface area contributed by atoms with E-state index in [0.29, 0.717) is 0 Å². The Morgan fingerprint density at radius 2 is 1.94 bits per heavy atom. The lowest BCUT2D eigenvalue weighted by Gasteiger charge is -2.36. The molecule has 1 aliphatic carbocycles. The van der Waals surface area contributed by atoms with Crippen molar-refractivity contribution in [3.05, 3.63) is 0 Å². The Labute approximate surface area is 115 Å². The van der Waals surface area contributed by atoms with Crippen molar-refractivity contribution in [3.8, 4) is 0 Å². The zero-order valence-electron chi connectivity index (χ0n) is 13.2. The van der Waals surface area contributed by atoms with Crippen molar-refractivity contribution in [3.63, 3.8) is 0 Å². The SMILES string of the molecule is CCCC(C)CC(NCC)C1CCCC(CC)C1. The average molecular weight is 253 g/mol. The van der Waals surface area contributed by atoms with Gasteiger partial charge in [0.1, 0.15) is 0 Å². The molecule has 1 fully saturated rings. The van der Waals surface area contributed by atoms with Crippen LogP contribution in [0.3, 0.4) is 0 Å². The highest BCUT2D eigenvalue weighted by Gasteiger charge is 2.27. The van der Waals surface area contributed by atoms with E-state index in [2.05, 4.69) is 33.0 Å². The van der Waals surface area contributed by atoms with Crippen LogP contribution in [0.1, 0.15) is 79.1 Å². The molecule has 0 heterocycles. The van der Waals surface area contributed by atoms with E-state index in [1.165, 1.54) is 51.4 Å². The zero-order chi connectivity index (χ0) is 13.4. The van der Waals surface area contributed by atoms with Crippen LogP contribution in [-0.2, 0) is 0 Å². The van der Waals surface area contributed by atoms with E-state index in [9.17, 15) is 0 Å². The fraction of sp³-hybridized carbons (Fsp3) is 1.00. The summed E-state index contributed by atoms with van der Waals surface area (Å²) in [5.74, 6) is 2.84. The van der Waals surface area contributed by atoms with Gasteiger partial charge in [0.2, 0.25) is 0 Å². The van der Waals surface area contributed by atoms with Crippen LogP contribution in [0.5, 0.6) is 0 Å². The molecule has 0 aliphatic heterocycles. The second kappa shape index (κ2) is 8.96. The molecule has 1 N–H and O–H groups in total. The molecule has 0 amide bonds. The fourth-order valence-corrected chi connectivity index (χ4v) is 3.82. The second-order valence-electron chi connectivity index (χ2n) is 6.49. The maximum Gasteiger partial charge on any atom is 0.00978 e. The summed E-state index contributed by atoms with van der Waals surface area (Å²) >= 11 is 0. The molecule has 1 saturated carbocycles. The third kappa shape index (κ3) is 5.30. The lowest BCUT2D eigenvalue weighted by atomic mass is 9.74. The van der Waals surface area contributed by atoms with Gasteiger partial charge >= 0.3 is 0 Å². The van der Waals surface area contributed by atoms with Crippen LogP contribution in [0.25, 0.3) is 0 Å². The summed E-state index contributed by atoms with van der Waals surface area (Å²) in [5.41, 5.74) is 0. The van der Waals surface area contributed by atoms with Crippen molar-refractivity contribution < 1.29 is 0 Å². The van der Waals surface area contributed by atoms with E-state index in [4.69, 9.17) is 0 Å². The van der Waals surface area contributed by atoms with Gasteiger partial charge in [0.05, 0.1) is 0 Å². The maximum atomic E-state index is 3.79. The van der Waals surface area contributed by atoms with Gasteiger partial charge in [-0.25, -0.2) is 0 Å². The topological polar surface area (TPSA) is 12.0 Å². The van der Waals surface area contributed by atoms with Gasteiger partial charge in [-0.2, -0.15) is 0 Å². The van der Waals surface area contributed by atoms with Crippen LogP contribution >= 0.6 is 0 Å². The lowest BCUT2D eigenvalue weighted by Crippen LogP contribution is -2.39. The molecule has 0 spiro atoms. The van der Waals surface area contributed by atoms with Crippen LogP contribution < -0.4 is 5.32 Å². The molecule has 1 rings (SSSR count). The summed E-state index contributed by atoms with van der Waals surface area (Å²) in [4.78, 5) is 0. The molecular formula is C17H35N. The summed E-state index contributed by atoms with van der Waals surface area (Å²) < 4.78 is 0. The van der Waals surface area contributed by atoms with Crippen LogP contribution in [0.4, 0.5) is 0 Å². The van der Waals surface area contributed by atoms with E-state index in [1.807, 2.05) is 0 Å². The van der Waals surface area contributed by atoms with Gasteiger partial charge in [0.15, 0.2) is 0 Å². The summed E-state index contributed by atoms with van der Waals surface area (Å²) in [6, 6.07) is 0.783. The van der Waals surface area contributed by atoms with E-state index >= 15 is 0 Å². The standard InChI is InChI=1S/C17H35N/c1-5-9-14(4)12-17(18-7-3)16-11-8-10-15(6-2)13-16/h14-18H,5-13H2,1-4H3. The Balaban J connectivity index is 2.48. The number of nitrogens with one attached hydrogen (secondary N) is 1. The number of rotatable bonds is 8. The fourth-order valence-electron chi connectivity index (χ4n) is 3.82. The van der Waals surface area contributed by atoms with Gasteiger partial charge < -0.3 is 5.32 Å². The van der Waals surface area contributed by atoms with Crippen molar-refractivity contribution >= 4 is 0 Å². The lowest BCUT2D eigenvalue weighted by molar-refractivity contribution is 0.189. The first-order valence-electron chi connectivity index (χ1n) is 8.44. The van der Waals surface area contributed by atoms with Gasteiger partial charge in [-0.3, -0.25) is 0 Å². The molecular weight excluding hydrogens is 218 g/mol. The molecule has 0 radical (unpaired) electrons. The minimum atomic E-state index is 0.783. The van der Waals surface area contributed by atoms with Crippen LogP contribution in [0.15, 0.2) is 0 Å². The third-order valence-electron chi connectivity index (χ3n) is 4.87. The molecule has 1 nitrogen and oxygen atoms in total. The minimum Gasteiger partial charge on any atom is -0.314 e. The first-order chi connectivity index (χ1) is 8.71. The first-order valence-corrected chi connectivity index (χ1v) is 8.44. The molecule has 0 aromatic heterocycles. The van der Waals surface area contributed by atoms with Crippen molar-refractivity contribution in [2.45, 2.75) is 85.1 Å². The Hall–Kier alpha value is -0.0400. The monoisotopic (exact) mass is 253 g/mol. The summed E-state index contributed by atoms with van der Waals surface area (Å²) in [5, 5.41) is 3.79. The minimum absolute atomic E-state index is 0.783. The highest BCUT2D eigenvalue weighted by atomic mass is 14.9. The van der Waals surface area contributed by atoms with Gasteiger partial charge in [-0.05, 0) is 43.6 Å². The smallest absolute Gasteiger partial charge is 0.00978 e. The Morgan fingerprint density at radius 1 is 1.17 bits per heavy atom. The zero-order valence-corrected chi connectivity index (χ0v) is 13.2. The summed E-state index contributed by atoms with van der Waals surface area (Å²) in [6.07, 6.45) is 11.4. The molecule has 0 saturated heterocycles. The van der Waals surface area contributed by atoms with Crippen LogP contribution in [0.2, 0.25) is 0 Å². The third-order valence-corrected chi connectivity index (χ3v) is 4.87. The van der Waals surface area contributed by atoms with Gasteiger partial charge in [-0.15, -0.1) is 0 Å². The molecule has 18 heavy (non-hydrogen) atoms. The predicted octanol–water partition coefficient (Wildman–Crippen LogP) is 5.01. The van der Waals surface area contributed by atoms with Gasteiger partial charge in [0, 0.05) is 6.04 Å². The van der Waals surface area contributed by atoms with Gasteiger partial charge in [-0.1, -0.05) is 59.8 Å². The molecule has 0 aromatic carbocycles. The molecule has 1 heteroatoms. The van der Waals surface area contributed by atoms with E-state index in [0.717, 1.165) is 30.3 Å². The molecule has 0 aromatic rings. The Morgan fingerprint density at radius 3 is 2.56 bits per heavy atom. The molecule has 0 bridgehead atoms. The molecule has 108 valence electrons. The first kappa shape index (κ1) is 16.0. The highest BCUT2D eigenvalue weighted by Crippen LogP contribution is 2.34. The maximum absolute atomic E-state index is 3.79. The molecule has 4 unspecified atom stereocenters. The normalized spacial score (nSPS) is 28.0. The largest absolute Gasteiger partial charge is 0.314 e. The predicted molar refractivity (Wildman–Crippen MR) is 81.9 cm³/mol. The summed E-state index contributed by atoms with van der Waals surface area (Å²) in [6.45, 7) is 10.5. The Kier molecular flexibility index (Phi) is 7.97. The Bertz CT molecular complexity index is 202. The van der Waals surface area contributed by atoms with E-state index in [-0.39, 0.29) is 0 Å². The quantitative estimate of drug-likeness (QED) is 0.641. The highest BCUT2D eigenvalue weighted by molar-refractivity contribution is 4.83.